The van der Waals surface area contributed by atoms with E-state index in [-0.39, 0.29) is 5.37 Å². The van der Waals surface area contributed by atoms with E-state index in [0.29, 0.717) is 11.4 Å². The third-order valence-electron chi connectivity index (χ3n) is 5.87. The van der Waals surface area contributed by atoms with Crippen LogP contribution in [-0.2, 0) is 22.9 Å². The zero-order valence-electron chi connectivity index (χ0n) is 15.9. The number of hydrogen-bond acceptors (Lipinski definition) is 3. The Kier molecular flexibility index (Phi) is 4.49. The van der Waals surface area contributed by atoms with Crippen LogP contribution in [0.2, 0.25) is 0 Å². The second kappa shape index (κ2) is 6.90. The molecular formula is C23H23NO2S2. The molecule has 3 aromatic carbocycles. The number of aryl methyl sites for hydroxylation is 3. The van der Waals surface area contributed by atoms with Gasteiger partial charge >= 0.3 is 0 Å². The Balaban J connectivity index is 1.63. The van der Waals surface area contributed by atoms with E-state index in [9.17, 15) is 8.42 Å². The number of nitrogens with zero attached hydrogens (tertiary/aromatic N) is 1. The van der Waals surface area contributed by atoms with Crippen LogP contribution in [0.5, 0.6) is 0 Å². The third kappa shape index (κ3) is 2.88. The van der Waals surface area contributed by atoms with Gasteiger partial charge in [0.05, 0.1) is 10.3 Å². The molecule has 0 saturated carbocycles. The third-order valence-corrected chi connectivity index (χ3v) is 9.21. The Morgan fingerprint density at radius 2 is 1.82 bits per heavy atom. The van der Waals surface area contributed by atoms with E-state index in [1.807, 2.05) is 12.1 Å². The lowest BCUT2D eigenvalue weighted by molar-refractivity contribution is 0.433. The topological polar surface area (TPSA) is 37.4 Å². The zero-order valence-corrected chi connectivity index (χ0v) is 17.5. The van der Waals surface area contributed by atoms with Gasteiger partial charge in [0, 0.05) is 12.3 Å². The lowest BCUT2D eigenvalue weighted by atomic mass is 9.89. The Hall–Kier alpha value is -1.82. The van der Waals surface area contributed by atoms with Crippen LogP contribution >= 0.6 is 11.8 Å². The fourth-order valence-corrected chi connectivity index (χ4v) is 7.99. The summed E-state index contributed by atoms with van der Waals surface area (Å²) in [7, 11) is -3.55. The summed E-state index contributed by atoms with van der Waals surface area (Å²) in [5.74, 6) is 0.825. The van der Waals surface area contributed by atoms with Gasteiger partial charge in [-0.1, -0.05) is 54.1 Å². The van der Waals surface area contributed by atoms with Gasteiger partial charge in [-0.3, -0.25) is 0 Å². The van der Waals surface area contributed by atoms with E-state index in [2.05, 4.69) is 49.4 Å². The summed E-state index contributed by atoms with van der Waals surface area (Å²) >= 11 is 1.71. The maximum absolute atomic E-state index is 13.8. The summed E-state index contributed by atoms with van der Waals surface area (Å²) in [5.41, 5.74) is 4.54. The first-order chi connectivity index (χ1) is 13.6. The number of rotatable bonds is 3. The SMILES string of the molecule is Cc1ccc(C2SCCN2S(=O)(=O)c2ccc3cccc4c3c2CCC4)cc1. The first-order valence-electron chi connectivity index (χ1n) is 9.79. The molecule has 1 saturated heterocycles. The van der Waals surface area contributed by atoms with Gasteiger partial charge < -0.3 is 0 Å². The smallest absolute Gasteiger partial charge is 0.207 e. The number of thioether (sulfide) groups is 1. The van der Waals surface area contributed by atoms with Crippen LogP contribution in [0.15, 0.2) is 59.5 Å². The van der Waals surface area contributed by atoms with Crippen molar-refractivity contribution in [2.24, 2.45) is 0 Å². The average molecular weight is 410 g/mol. The van der Waals surface area contributed by atoms with Crippen molar-refractivity contribution in [3.63, 3.8) is 0 Å². The van der Waals surface area contributed by atoms with Crippen molar-refractivity contribution in [3.8, 4) is 0 Å². The molecule has 1 atom stereocenters. The number of sulfonamides is 1. The molecule has 3 nitrogen and oxygen atoms in total. The van der Waals surface area contributed by atoms with Crippen molar-refractivity contribution in [2.45, 2.75) is 36.5 Å². The molecule has 0 spiro atoms. The largest absolute Gasteiger partial charge is 0.244 e. The van der Waals surface area contributed by atoms with Crippen LogP contribution < -0.4 is 0 Å². The molecule has 28 heavy (non-hydrogen) atoms. The summed E-state index contributed by atoms with van der Waals surface area (Å²) in [4.78, 5) is 0.506. The van der Waals surface area contributed by atoms with Crippen LogP contribution in [-0.4, -0.2) is 25.0 Å². The minimum Gasteiger partial charge on any atom is -0.207 e. The van der Waals surface area contributed by atoms with Gasteiger partial charge in [0.2, 0.25) is 10.0 Å². The maximum atomic E-state index is 13.8. The Bertz CT molecular complexity index is 1150. The van der Waals surface area contributed by atoms with Crippen LogP contribution in [0.1, 0.15) is 34.0 Å². The lowest BCUT2D eigenvalue weighted by Crippen LogP contribution is -2.31. The van der Waals surface area contributed by atoms with Crippen molar-refractivity contribution in [1.82, 2.24) is 4.31 Å². The van der Waals surface area contributed by atoms with Crippen molar-refractivity contribution in [2.75, 3.05) is 12.3 Å². The van der Waals surface area contributed by atoms with E-state index in [1.54, 1.807) is 16.1 Å². The number of benzene rings is 3. The predicted octanol–water partition coefficient (Wildman–Crippen LogP) is 5.07. The van der Waals surface area contributed by atoms with Gasteiger partial charge in [-0.05, 0) is 59.7 Å². The molecule has 144 valence electrons. The normalized spacial score (nSPS) is 20.0. The lowest BCUT2D eigenvalue weighted by Gasteiger charge is -2.27. The number of hydrogen-bond donors (Lipinski definition) is 0. The van der Waals surface area contributed by atoms with E-state index in [4.69, 9.17) is 0 Å². The monoisotopic (exact) mass is 409 g/mol. The first kappa shape index (κ1) is 18.2. The fraction of sp³-hybridized carbons (Fsp3) is 0.304. The minimum atomic E-state index is -3.55. The zero-order chi connectivity index (χ0) is 19.3. The Morgan fingerprint density at radius 1 is 1.00 bits per heavy atom. The van der Waals surface area contributed by atoms with Crippen molar-refractivity contribution in [1.29, 1.82) is 0 Å². The molecule has 0 bridgehead atoms. The molecule has 0 N–H and O–H groups in total. The molecular weight excluding hydrogens is 386 g/mol. The summed E-state index contributed by atoms with van der Waals surface area (Å²) in [6.07, 6.45) is 2.87. The Labute approximate surface area is 170 Å². The first-order valence-corrected chi connectivity index (χ1v) is 12.3. The fourth-order valence-electron chi connectivity index (χ4n) is 4.49. The molecule has 1 aliphatic heterocycles. The van der Waals surface area contributed by atoms with E-state index in [0.717, 1.165) is 46.9 Å². The van der Waals surface area contributed by atoms with Gasteiger partial charge in [-0.2, -0.15) is 4.31 Å². The molecule has 1 fully saturated rings. The molecule has 5 rings (SSSR count). The van der Waals surface area contributed by atoms with Crippen molar-refractivity contribution >= 4 is 32.6 Å². The highest BCUT2D eigenvalue weighted by Gasteiger charge is 2.38. The minimum absolute atomic E-state index is 0.146. The highest BCUT2D eigenvalue weighted by Crippen LogP contribution is 2.43. The molecule has 2 aliphatic rings. The highest BCUT2D eigenvalue weighted by molar-refractivity contribution is 8.01. The second-order valence-electron chi connectivity index (χ2n) is 7.66. The second-order valence-corrected chi connectivity index (χ2v) is 10.7. The van der Waals surface area contributed by atoms with Crippen LogP contribution in [0.25, 0.3) is 10.8 Å². The molecule has 1 unspecified atom stereocenters. The van der Waals surface area contributed by atoms with E-state index < -0.39 is 10.0 Å². The van der Waals surface area contributed by atoms with Gasteiger partial charge in [0.25, 0.3) is 0 Å². The summed E-state index contributed by atoms with van der Waals surface area (Å²) in [6.45, 7) is 2.61. The van der Waals surface area contributed by atoms with E-state index >= 15 is 0 Å². The van der Waals surface area contributed by atoms with Gasteiger partial charge in [-0.25, -0.2) is 8.42 Å². The van der Waals surface area contributed by atoms with Gasteiger partial charge in [-0.15, -0.1) is 11.8 Å². The van der Waals surface area contributed by atoms with Crippen LogP contribution in [0.4, 0.5) is 0 Å². The molecule has 3 aromatic rings. The summed E-state index contributed by atoms with van der Waals surface area (Å²) in [5, 5.41) is 2.16. The molecule has 0 radical (unpaired) electrons. The predicted molar refractivity (Wildman–Crippen MR) is 116 cm³/mol. The van der Waals surface area contributed by atoms with Crippen LogP contribution in [0.3, 0.4) is 0 Å². The maximum Gasteiger partial charge on any atom is 0.244 e. The van der Waals surface area contributed by atoms with E-state index in [1.165, 1.54) is 11.1 Å². The molecule has 0 aromatic heterocycles. The standard InChI is InChI=1S/C23H23NO2S2/c1-16-8-10-19(11-9-16)23-24(14-15-27-23)28(25,26)21-13-12-18-5-2-4-17-6-3-7-20(21)22(17)18/h2,4-5,8-13,23H,3,6-7,14-15H2,1H3. The quantitative estimate of drug-likeness (QED) is 0.606. The molecule has 1 heterocycles. The van der Waals surface area contributed by atoms with Crippen LogP contribution in [0, 0.1) is 6.92 Å². The van der Waals surface area contributed by atoms with Crippen molar-refractivity contribution < 1.29 is 8.42 Å². The average Bonchev–Trinajstić information content (AvgIpc) is 3.20. The summed E-state index contributed by atoms with van der Waals surface area (Å²) < 4.78 is 29.2. The molecule has 5 heteroatoms. The molecule has 0 amide bonds. The summed E-state index contributed by atoms with van der Waals surface area (Å²) in [6, 6.07) is 18.4. The van der Waals surface area contributed by atoms with Gasteiger partial charge in [0.1, 0.15) is 0 Å². The highest BCUT2D eigenvalue weighted by atomic mass is 32.2. The van der Waals surface area contributed by atoms with Crippen molar-refractivity contribution in [3.05, 3.63) is 76.9 Å². The van der Waals surface area contributed by atoms with Gasteiger partial charge in [0.15, 0.2) is 0 Å². The Morgan fingerprint density at radius 3 is 2.64 bits per heavy atom. The molecule has 1 aliphatic carbocycles.